The van der Waals surface area contributed by atoms with E-state index in [2.05, 4.69) is 35.0 Å². The molecule has 0 aromatic heterocycles. The van der Waals surface area contributed by atoms with Gasteiger partial charge in [-0.3, -0.25) is 4.79 Å². The summed E-state index contributed by atoms with van der Waals surface area (Å²) in [6, 6.07) is 18.2. The van der Waals surface area contributed by atoms with Gasteiger partial charge in [-0.15, -0.1) is 0 Å². The van der Waals surface area contributed by atoms with Crippen LogP contribution in [0.1, 0.15) is 43.9 Å². The maximum atomic E-state index is 12.2. The van der Waals surface area contributed by atoms with Gasteiger partial charge in [-0.2, -0.15) is 0 Å². The van der Waals surface area contributed by atoms with Gasteiger partial charge in [-0.1, -0.05) is 42.5 Å². The van der Waals surface area contributed by atoms with Gasteiger partial charge in [0.25, 0.3) is 5.91 Å². The molecule has 6 heteroatoms. The number of carbonyl (C=O) groups is 1. The van der Waals surface area contributed by atoms with Crippen LogP contribution in [0.25, 0.3) is 0 Å². The number of hydrogen-bond acceptors (Lipinski definition) is 3. The Morgan fingerprint density at radius 3 is 2.76 bits per heavy atom. The van der Waals surface area contributed by atoms with Crippen LogP contribution in [0, 0.1) is 0 Å². The number of ether oxygens (including phenoxy) is 1. The summed E-state index contributed by atoms with van der Waals surface area (Å²) >= 11 is 0. The van der Waals surface area contributed by atoms with Crippen molar-refractivity contribution in [3.05, 3.63) is 65.7 Å². The van der Waals surface area contributed by atoms with Gasteiger partial charge in [0.1, 0.15) is 6.10 Å². The van der Waals surface area contributed by atoms with Crippen molar-refractivity contribution < 1.29 is 9.53 Å². The van der Waals surface area contributed by atoms with Crippen molar-refractivity contribution in [2.24, 2.45) is 4.99 Å². The molecule has 6 nitrogen and oxygen atoms in total. The van der Waals surface area contributed by atoms with E-state index in [0.717, 1.165) is 36.6 Å². The van der Waals surface area contributed by atoms with E-state index in [4.69, 9.17) is 9.73 Å². The minimum atomic E-state index is -0.333. The molecule has 1 amide bonds. The minimum absolute atomic E-state index is 0.0742. The molecule has 2 unspecified atom stereocenters. The van der Waals surface area contributed by atoms with E-state index in [1.807, 2.05) is 49.4 Å². The molecule has 0 radical (unpaired) electrons. The summed E-state index contributed by atoms with van der Waals surface area (Å²) < 4.78 is 5.45. The Morgan fingerprint density at radius 1 is 1.21 bits per heavy atom. The normalized spacial score (nSPS) is 17.6. The molecular weight excluding hydrogens is 364 g/mol. The Morgan fingerprint density at radius 2 is 2.03 bits per heavy atom. The zero-order valence-corrected chi connectivity index (χ0v) is 17.2. The van der Waals surface area contributed by atoms with Crippen molar-refractivity contribution in [2.75, 3.05) is 18.5 Å². The molecule has 2 aromatic rings. The summed E-state index contributed by atoms with van der Waals surface area (Å²) in [6.45, 7) is 6.12. The van der Waals surface area contributed by atoms with Crippen LogP contribution in [0.15, 0.2) is 59.6 Å². The highest BCUT2D eigenvalue weighted by atomic mass is 16.5. The van der Waals surface area contributed by atoms with Crippen molar-refractivity contribution in [3.63, 3.8) is 0 Å². The Bertz CT molecular complexity index is 817. The fourth-order valence-electron chi connectivity index (χ4n) is 3.28. The lowest BCUT2D eigenvalue weighted by molar-refractivity contribution is -0.124. The summed E-state index contributed by atoms with van der Waals surface area (Å²) in [5.74, 6) is 0.687. The van der Waals surface area contributed by atoms with Crippen LogP contribution in [0.2, 0.25) is 0 Å². The molecule has 3 N–H and O–H groups in total. The number of rotatable bonds is 7. The zero-order valence-electron chi connectivity index (χ0n) is 17.2. The third-order valence-electron chi connectivity index (χ3n) is 4.83. The summed E-state index contributed by atoms with van der Waals surface area (Å²) in [6.07, 6.45) is 1.39. The average molecular weight is 395 g/mol. The van der Waals surface area contributed by atoms with E-state index in [1.165, 1.54) is 5.56 Å². The maximum Gasteiger partial charge on any atom is 0.253 e. The second kappa shape index (κ2) is 10.6. The van der Waals surface area contributed by atoms with Gasteiger partial charge in [-0.05, 0) is 49.9 Å². The number of aliphatic imine (C=N–C) groups is 1. The monoisotopic (exact) mass is 394 g/mol. The fraction of sp³-hybridized carbons (Fsp3) is 0.391. The van der Waals surface area contributed by atoms with Crippen LogP contribution in [0.4, 0.5) is 5.69 Å². The van der Waals surface area contributed by atoms with E-state index < -0.39 is 0 Å². The fourth-order valence-corrected chi connectivity index (χ4v) is 3.28. The highest BCUT2D eigenvalue weighted by molar-refractivity contribution is 5.94. The van der Waals surface area contributed by atoms with Gasteiger partial charge in [0.2, 0.25) is 0 Å². The first-order valence-corrected chi connectivity index (χ1v) is 10.3. The molecule has 1 saturated heterocycles. The van der Waals surface area contributed by atoms with Crippen molar-refractivity contribution >= 4 is 17.6 Å². The lowest BCUT2D eigenvalue weighted by Gasteiger charge is -2.18. The van der Waals surface area contributed by atoms with E-state index in [1.54, 1.807) is 0 Å². The molecule has 1 aliphatic heterocycles. The molecular formula is C23H30N4O2. The van der Waals surface area contributed by atoms with Crippen molar-refractivity contribution in [1.82, 2.24) is 10.6 Å². The zero-order chi connectivity index (χ0) is 20.5. The summed E-state index contributed by atoms with van der Waals surface area (Å²) in [5, 5.41) is 9.68. The van der Waals surface area contributed by atoms with Crippen molar-refractivity contribution in [1.29, 1.82) is 0 Å². The molecule has 0 spiro atoms. The summed E-state index contributed by atoms with van der Waals surface area (Å²) in [4.78, 5) is 17.0. The molecule has 2 aromatic carbocycles. The van der Waals surface area contributed by atoms with Crippen molar-refractivity contribution in [2.45, 2.75) is 45.4 Å². The van der Waals surface area contributed by atoms with Gasteiger partial charge >= 0.3 is 0 Å². The quantitative estimate of drug-likeness (QED) is 0.495. The minimum Gasteiger partial charge on any atom is -0.368 e. The predicted molar refractivity (Wildman–Crippen MR) is 117 cm³/mol. The van der Waals surface area contributed by atoms with Gasteiger partial charge in [-0.25, -0.2) is 4.99 Å². The van der Waals surface area contributed by atoms with Crippen LogP contribution in [0.5, 0.6) is 0 Å². The second-order valence-electron chi connectivity index (χ2n) is 7.16. The molecule has 1 aliphatic rings. The van der Waals surface area contributed by atoms with Crippen LogP contribution < -0.4 is 16.0 Å². The van der Waals surface area contributed by atoms with Crippen LogP contribution in [-0.4, -0.2) is 31.1 Å². The molecule has 0 bridgehead atoms. The van der Waals surface area contributed by atoms with Gasteiger partial charge in [0, 0.05) is 18.8 Å². The number of hydrogen-bond donors (Lipinski definition) is 3. The molecule has 1 heterocycles. The largest absolute Gasteiger partial charge is 0.368 e. The predicted octanol–water partition coefficient (Wildman–Crippen LogP) is 3.62. The lowest BCUT2D eigenvalue weighted by Crippen LogP contribution is -2.38. The number of anilines is 1. The van der Waals surface area contributed by atoms with Crippen LogP contribution >= 0.6 is 0 Å². The average Bonchev–Trinajstić information content (AvgIpc) is 3.28. The molecule has 2 atom stereocenters. The first-order chi connectivity index (χ1) is 14.2. The van der Waals surface area contributed by atoms with E-state index in [-0.39, 0.29) is 18.1 Å². The number of nitrogens with zero attached hydrogens (tertiary/aromatic N) is 1. The smallest absolute Gasteiger partial charge is 0.253 e. The summed E-state index contributed by atoms with van der Waals surface area (Å²) in [7, 11) is 0. The van der Waals surface area contributed by atoms with Gasteiger partial charge in [0.05, 0.1) is 12.6 Å². The highest BCUT2D eigenvalue weighted by Gasteiger charge is 2.23. The number of benzene rings is 2. The number of guanidine groups is 1. The number of nitrogens with one attached hydrogen (secondary N) is 3. The Kier molecular flexibility index (Phi) is 7.64. The maximum absolute atomic E-state index is 12.2. The van der Waals surface area contributed by atoms with Gasteiger partial charge in [0.15, 0.2) is 5.96 Å². The van der Waals surface area contributed by atoms with E-state index in [0.29, 0.717) is 13.2 Å². The Hall–Kier alpha value is -2.86. The standard InChI is InChI=1S/C23H30N4O2/c1-3-24-23(26-17(2)19-10-5-4-6-11-19)25-16-18-9-7-12-20(15-18)27-22(28)21-13-8-14-29-21/h4-7,9-12,15,17,21H,3,8,13-14,16H2,1-2H3,(H,27,28)(H2,24,25,26). The Balaban J connectivity index is 1.62. The summed E-state index contributed by atoms with van der Waals surface area (Å²) in [5.41, 5.74) is 3.01. The number of carbonyl (C=O) groups excluding carboxylic acids is 1. The molecule has 0 saturated carbocycles. The highest BCUT2D eigenvalue weighted by Crippen LogP contribution is 2.17. The van der Waals surface area contributed by atoms with E-state index in [9.17, 15) is 4.79 Å². The van der Waals surface area contributed by atoms with Crippen molar-refractivity contribution in [3.8, 4) is 0 Å². The van der Waals surface area contributed by atoms with Gasteiger partial charge < -0.3 is 20.7 Å². The molecule has 3 rings (SSSR count). The molecule has 1 fully saturated rings. The molecule has 154 valence electrons. The Labute approximate surface area is 172 Å². The molecule has 29 heavy (non-hydrogen) atoms. The topological polar surface area (TPSA) is 74.8 Å². The first-order valence-electron chi connectivity index (χ1n) is 10.3. The molecule has 0 aliphatic carbocycles. The second-order valence-corrected chi connectivity index (χ2v) is 7.16. The third-order valence-corrected chi connectivity index (χ3v) is 4.83. The van der Waals surface area contributed by atoms with Crippen LogP contribution in [0.3, 0.4) is 0 Å². The SMILES string of the molecule is CCNC(=NCc1cccc(NC(=O)C2CCCO2)c1)NC(C)c1ccccc1. The van der Waals surface area contributed by atoms with Crippen LogP contribution in [-0.2, 0) is 16.1 Å². The first kappa shape index (κ1) is 20.9. The lowest BCUT2D eigenvalue weighted by atomic mass is 10.1. The number of amides is 1. The van der Waals surface area contributed by atoms with E-state index >= 15 is 0 Å². The third kappa shape index (κ3) is 6.32.